The van der Waals surface area contributed by atoms with Crippen molar-refractivity contribution in [3.05, 3.63) is 22.0 Å². The molecule has 0 aliphatic carbocycles. The summed E-state index contributed by atoms with van der Waals surface area (Å²) < 4.78 is 1.68. The van der Waals surface area contributed by atoms with Crippen molar-refractivity contribution in [1.29, 1.82) is 0 Å². The van der Waals surface area contributed by atoms with E-state index in [0.717, 1.165) is 26.2 Å². The van der Waals surface area contributed by atoms with E-state index in [1.807, 2.05) is 0 Å². The van der Waals surface area contributed by atoms with Crippen LogP contribution in [0.3, 0.4) is 0 Å². The fourth-order valence-electron chi connectivity index (χ4n) is 2.23. The molecule has 0 radical (unpaired) electrons. The minimum Gasteiger partial charge on any atom is -0.301 e. The first kappa shape index (κ1) is 12.0. The highest BCUT2D eigenvalue weighted by Crippen LogP contribution is 2.15. The first-order chi connectivity index (χ1) is 8.16. The normalized spacial score (nSPS) is 17.2. The highest BCUT2D eigenvalue weighted by molar-refractivity contribution is 5.30. The molecule has 1 aliphatic rings. The molecule has 6 nitrogen and oxygen atoms in total. The number of nitrogens with zero attached hydrogens (tertiary/aromatic N) is 4. The molecule has 1 aromatic heterocycles. The van der Waals surface area contributed by atoms with Crippen molar-refractivity contribution in [1.82, 2.24) is 14.7 Å². The molecular formula is C11H18N4O2. The van der Waals surface area contributed by atoms with Crippen LogP contribution < -0.4 is 0 Å². The molecule has 1 saturated heterocycles. The molecule has 0 aromatic carbocycles. The zero-order valence-electron chi connectivity index (χ0n) is 10.1. The van der Waals surface area contributed by atoms with Crippen LogP contribution in [0.15, 0.2) is 6.20 Å². The van der Waals surface area contributed by atoms with Gasteiger partial charge < -0.3 is 4.90 Å². The number of aryl methyl sites for hydroxylation is 1. The van der Waals surface area contributed by atoms with Crippen LogP contribution in [0.2, 0.25) is 0 Å². The standard InChI is InChI=1S/C11H18N4O2/c1-10-11(15(16)17)9-14(12-10)8-7-13-5-3-2-4-6-13/h9H,2-8H2,1H3. The monoisotopic (exact) mass is 238 g/mol. The van der Waals surface area contributed by atoms with Crippen molar-refractivity contribution in [2.45, 2.75) is 32.7 Å². The van der Waals surface area contributed by atoms with Crippen molar-refractivity contribution >= 4 is 5.69 Å². The van der Waals surface area contributed by atoms with Crippen LogP contribution >= 0.6 is 0 Å². The molecular weight excluding hydrogens is 220 g/mol. The Morgan fingerprint density at radius 1 is 1.35 bits per heavy atom. The predicted molar refractivity (Wildman–Crippen MR) is 63.9 cm³/mol. The zero-order chi connectivity index (χ0) is 12.3. The third-order valence-corrected chi connectivity index (χ3v) is 3.21. The second kappa shape index (κ2) is 5.27. The van der Waals surface area contributed by atoms with Crippen LogP contribution in [0, 0.1) is 17.0 Å². The SMILES string of the molecule is Cc1nn(CCN2CCCCC2)cc1[N+](=O)[O-]. The summed E-state index contributed by atoms with van der Waals surface area (Å²) in [7, 11) is 0. The van der Waals surface area contributed by atoms with E-state index in [4.69, 9.17) is 0 Å². The minimum absolute atomic E-state index is 0.114. The third-order valence-electron chi connectivity index (χ3n) is 3.21. The predicted octanol–water partition coefficient (Wildman–Crippen LogP) is 1.59. The average Bonchev–Trinajstić information content (AvgIpc) is 2.69. The van der Waals surface area contributed by atoms with Crippen molar-refractivity contribution in [2.75, 3.05) is 19.6 Å². The highest BCUT2D eigenvalue weighted by atomic mass is 16.6. The number of hydrogen-bond donors (Lipinski definition) is 0. The fourth-order valence-corrected chi connectivity index (χ4v) is 2.23. The Hall–Kier alpha value is -1.43. The molecule has 0 spiro atoms. The van der Waals surface area contributed by atoms with Crippen molar-refractivity contribution in [3.8, 4) is 0 Å². The van der Waals surface area contributed by atoms with Crippen LogP contribution in [0.4, 0.5) is 5.69 Å². The third kappa shape index (κ3) is 3.03. The van der Waals surface area contributed by atoms with Crippen molar-refractivity contribution < 1.29 is 4.92 Å². The van der Waals surface area contributed by atoms with Gasteiger partial charge in [-0.1, -0.05) is 6.42 Å². The molecule has 17 heavy (non-hydrogen) atoms. The van der Waals surface area contributed by atoms with Crippen LogP contribution in [-0.2, 0) is 6.54 Å². The molecule has 0 atom stereocenters. The summed E-state index contributed by atoms with van der Waals surface area (Å²) >= 11 is 0. The maximum atomic E-state index is 10.7. The lowest BCUT2D eigenvalue weighted by molar-refractivity contribution is -0.385. The quantitative estimate of drug-likeness (QED) is 0.590. The van der Waals surface area contributed by atoms with Gasteiger partial charge in [0.25, 0.3) is 0 Å². The smallest absolute Gasteiger partial charge is 0.301 e. The Bertz CT molecular complexity index is 396. The molecule has 1 aliphatic heterocycles. The molecule has 6 heteroatoms. The van der Waals surface area contributed by atoms with E-state index in [1.165, 1.54) is 25.5 Å². The molecule has 2 rings (SSSR count). The largest absolute Gasteiger partial charge is 0.309 e. The first-order valence-corrected chi connectivity index (χ1v) is 6.07. The van der Waals surface area contributed by atoms with E-state index in [2.05, 4.69) is 10.00 Å². The number of rotatable bonds is 4. The molecule has 0 amide bonds. The van der Waals surface area contributed by atoms with E-state index < -0.39 is 0 Å². The Morgan fingerprint density at radius 3 is 2.65 bits per heavy atom. The zero-order valence-corrected chi connectivity index (χ0v) is 10.1. The summed E-state index contributed by atoms with van der Waals surface area (Å²) in [5, 5.41) is 14.8. The first-order valence-electron chi connectivity index (χ1n) is 6.07. The molecule has 1 aromatic rings. The van der Waals surface area contributed by atoms with Crippen molar-refractivity contribution in [3.63, 3.8) is 0 Å². The number of nitro groups is 1. The minimum atomic E-state index is -0.375. The van der Waals surface area contributed by atoms with Gasteiger partial charge in [0, 0.05) is 6.54 Å². The Kier molecular flexibility index (Phi) is 3.73. The van der Waals surface area contributed by atoms with Crippen molar-refractivity contribution in [2.24, 2.45) is 0 Å². The van der Waals surface area contributed by atoms with E-state index in [9.17, 15) is 10.1 Å². The van der Waals surface area contributed by atoms with Gasteiger partial charge >= 0.3 is 5.69 Å². The second-order valence-corrected chi connectivity index (χ2v) is 4.52. The van der Waals surface area contributed by atoms with Gasteiger partial charge in [0.2, 0.25) is 0 Å². The molecule has 2 heterocycles. The lowest BCUT2D eigenvalue weighted by atomic mass is 10.1. The highest BCUT2D eigenvalue weighted by Gasteiger charge is 2.16. The molecule has 1 fully saturated rings. The lowest BCUT2D eigenvalue weighted by Crippen LogP contribution is -2.32. The number of piperidine rings is 1. The van der Waals surface area contributed by atoms with E-state index in [1.54, 1.807) is 11.6 Å². The maximum Gasteiger partial charge on any atom is 0.309 e. The van der Waals surface area contributed by atoms with E-state index in [0.29, 0.717) is 5.69 Å². The number of aromatic nitrogens is 2. The second-order valence-electron chi connectivity index (χ2n) is 4.52. The van der Waals surface area contributed by atoms with Gasteiger partial charge in [-0.3, -0.25) is 14.8 Å². The van der Waals surface area contributed by atoms with Gasteiger partial charge in [0.15, 0.2) is 0 Å². The fraction of sp³-hybridized carbons (Fsp3) is 0.727. The Morgan fingerprint density at radius 2 is 2.06 bits per heavy atom. The Labute approximate surface area is 100 Å². The summed E-state index contributed by atoms with van der Waals surface area (Å²) in [6, 6.07) is 0. The van der Waals surface area contributed by atoms with Gasteiger partial charge in [-0.05, 0) is 32.9 Å². The average molecular weight is 238 g/mol. The van der Waals surface area contributed by atoms with E-state index >= 15 is 0 Å². The summed E-state index contributed by atoms with van der Waals surface area (Å²) in [5.41, 5.74) is 0.609. The topological polar surface area (TPSA) is 64.2 Å². The van der Waals surface area contributed by atoms with Gasteiger partial charge in [0.05, 0.1) is 11.5 Å². The van der Waals surface area contributed by atoms with Gasteiger partial charge in [0.1, 0.15) is 11.9 Å². The van der Waals surface area contributed by atoms with Crippen LogP contribution in [0.5, 0.6) is 0 Å². The summed E-state index contributed by atoms with van der Waals surface area (Å²) in [6.45, 7) is 5.62. The van der Waals surface area contributed by atoms with Crippen LogP contribution in [0.1, 0.15) is 25.0 Å². The lowest BCUT2D eigenvalue weighted by Gasteiger charge is -2.26. The summed E-state index contributed by atoms with van der Waals surface area (Å²) in [6.07, 6.45) is 5.37. The summed E-state index contributed by atoms with van der Waals surface area (Å²) in [5.74, 6) is 0. The van der Waals surface area contributed by atoms with Crippen LogP contribution in [-0.4, -0.2) is 39.2 Å². The van der Waals surface area contributed by atoms with Crippen LogP contribution in [0.25, 0.3) is 0 Å². The van der Waals surface area contributed by atoms with E-state index in [-0.39, 0.29) is 10.6 Å². The maximum absolute atomic E-state index is 10.7. The number of likely N-dealkylation sites (tertiary alicyclic amines) is 1. The van der Waals surface area contributed by atoms with Gasteiger partial charge in [-0.2, -0.15) is 5.10 Å². The molecule has 0 bridgehead atoms. The number of hydrogen-bond acceptors (Lipinski definition) is 4. The Balaban J connectivity index is 1.90. The molecule has 0 saturated carbocycles. The molecule has 0 unspecified atom stereocenters. The molecule has 94 valence electrons. The van der Waals surface area contributed by atoms with Gasteiger partial charge in [-0.25, -0.2) is 0 Å². The summed E-state index contributed by atoms with van der Waals surface area (Å²) in [4.78, 5) is 12.7. The van der Waals surface area contributed by atoms with Gasteiger partial charge in [-0.15, -0.1) is 0 Å². The molecule has 0 N–H and O–H groups in total.